The summed E-state index contributed by atoms with van der Waals surface area (Å²) in [6, 6.07) is 7.99. The van der Waals surface area contributed by atoms with E-state index in [0.29, 0.717) is 6.61 Å². The van der Waals surface area contributed by atoms with E-state index < -0.39 is 0 Å². The van der Waals surface area contributed by atoms with E-state index >= 15 is 0 Å². The second-order valence-electron chi connectivity index (χ2n) is 4.68. The van der Waals surface area contributed by atoms with Gasteiger partial charge in [-0.25, -0.2) is 0 Å². The van der Waals surface area contributed by atoms with Crippen molar-refractivity contribution in [2.24, 2.45) is 0 Å². The fourth-order valence-electron chi connectivity index (χ4n) is 2.19. The number of anilines is 1. The molecule has 1 aliphatic rings. The van der Waals surface area contributed by atoms with E-state index in [1.165, 1.54) is 5.69 Å². The Bertz CT molecular complexity index is 433. The van der Waals surface area contributed by atoms with Crippen molar-refractivity contribution in [1.82, 2.24) is 10.2 Å². The van der Waals surface area contributed by atoms with Crippen molar-refractivity contribution in [3.05, 3.63) is 29.3 Å². The summed E-state index contributed by atoms with van der Waals surface area (Å²) in [6.07, 6.45) is 0. The lowest BCUT2D eigenvalue weighted by Gasteiger charge is -2.37. The Morgan fingerprint density at radius 3 is 2.50 bits per heavy atom. The Hall–Kier alpha value is -1.04. The van der Waals surface area contributed by atoms with Gasteiger partial charge in [-0.15, -0.1) is 0 Å². The van der Waals surface area contributed by atoms with Gasteiger partial charge in [0.25, 0.3) is 0 Å². The number of hydrogen-bond donors (Lipinski definition) is 1. The van der Waals surface area contributed by atoms with Crippen molar-refractivity contribution in [2.45, 2.75) is 0 Å². The van der Waals surface area contributed by atoms with Gasteiger partial charge in [-0.05, 0) is 36.5 Å². The van der Waals surface area contributed by atoms with E-state index in [1.54, 1.807) is 7.11 Å². The highest BCUT2D eigenvalue weighted by atomic mass is 35.5. The number of methoxy groups -OCH3 is 1. The highest BCUT2D eigenvalue weighted by molar-refractivity contribution is 7.80. The molecule has 1 fully saturated rings. The molecule has 0 atom stereocenters. The van der Waals surface area contributed by atoms with Crippen LogP contribution < -0.4 is 10.2 Å². The number of thiocarbonyl (C=S) groups is 1. The Morgan fingerprint density at radius 1 is 1.25 bits per heavy atom. The molecule has 2 rings (SSSR count). The summed E-state index contributed by atoms with van der Waals surface area (Å²) in [5, 5.41) is 4.80. The number of nitrogens with zero attached hydrogens (tertiary/aromatic N) is 2. The van der Waals surface area contributed by atoms with Crippen LogP contribution >= 0.6 is 23.8 Å². The summed E-state index contributed by atoms with van der Waals surface area (Å²) < 4.78 is 5.00. The van der Waals surface area contributed by atoms with E-state index in [9.17, 15) is 0 Å². The van der Waals surface area contributed by atoms with E-state index in [4.69, 9.17) is 28.6 Å². The SMILES string of the molecule is COCCNC(=S)N1CCN(c2ccc(Cl)cc2)CC1. The van der Waals surface area contributed by atoms with Gasteiger partial charge < -0.3 is 19.9 Å². The van der Waals surface area contributed by atoms with Gasteiger partial charge >= 0.3 is 0 Å². The van der Waals surface area contributed by atoms with Crippen LogP contribution in [0.5, 0.6) is 0 Å². The molecule has 1 aliphatic heterocycles. The molecule has 20 heavy (non-hydrogen) atoms. The first kappa shape index (κ1) is 15.4. The molecular weight excluding hydrogens is 294 g/mol. The second kappa shape index (κ2) is 7.67. The maximum Gasteiger partial charge on any atom is 0.169 e. The van der Waals surface area contributed by atoms with Crippen molar-refractivity contribution in [3.8, 4) is 0 Å². The number of benzene rings is 1. The van der Waals surface area contributed by atoms with E-state index in [0.717, 1.165) is 42.9 Å². The Labute approximate surface area is 130 Å². The average Bonchev–Trinajstić information content (AvgIpc) is 2.48. The Morgan fingerprint density at radius 2 is 1.90 bits per heavy atom. The third kappa shape index (κ3) is 4.23. The molecule has 1 aromatic carbocycles. The molecule has 4 nitrogen and oxygen atoms in total. The minimum Gasteiger partial charge on any atom is -0.383 e. The number of hydrogen-bond acceptors (Lipinski definition) is 3. The van der Waals surface area contributed by atoms with Crippen LogP contribution in [0.2, 0.25) is 5.02 Å². The normalized spacial score (nSPS) is 15.3. The van der Waals surface area contributed by atoms with Gasteiger partial charge in [0.15, 0.2) is 5.11 Å². The summed E-state index contributed by atoms with van der Waals surface area (Å²) in [5.74, 6) is 0. The smallest absolute Gasteiger partial charge is 0.169 e. The summed E-state index contributed by atoms with van der Waals surface area (Å²) in [5.41, 5.74) is 1.22. The zero-order valence-corrected chi connectivity index (χ0v) is 13.2. The van der Waals surface area contributed by atoms with Crippen LogP contribution in [-0.4, -0.2) is 56.5 Å². The maximum absolute atomic E-state index is 5.91. The zero-order chi connectivity index (χ0) is 14.4. The number of nitrogens with one attached hydrogen (secondary N) is 1. The number of piperazine rings is 1. The molecule has 6 heteroatoms. The van der Waals surface area contributed by atoms with Crippen LogP contribution in [-0.2, 0) is 4.74 Å². The summed E-state index contributed by atoms with van der Waals surface area (Å²) in [4.78, 5) is 4.56. The van der Waals surface area contributed by atoms with Crippen LogP contribution in [0.25, 0.3) is 0 Å². The Kier molecular flexibility index (Phi) is 5.88. The topological polar surface area (TPSA) is 27.7 Å². The molecule has 0 spiro atoms. The lowest BCUT2D eigenvalue weighted by Crippen LogP contribution is -2.52. The summed E-state index contributed by atoms with van der Waals surface area (Å²) in [7, 11) is 1.69. The summed E-state index contributed by atoms with van der Waals surface area (Å²) >= 11 is 11.3. The third-order valence-corrected chi connectivity index (χ3v) is 4.00. The van der Waals surface area contributed by atoms with Crippen molar-refractivity contribution in [3.63, 3.8) is 0 Å². The lowest BCUT2D eigenvalue weighted by atomic mass is 10.2. The first-order valence-corrected chi connectivity index (χ1v) is 7.51. The molecule has 110 valence electrons. The minimum absolute atomic E-state index is 0.672. The van der Waals surface area contributed by atoms with Crippen LogP contribution in [0.1, 0.15) is 0 Å². The van der Waals surface area contributed by atoms with Crippen LogP contribution in [0.4, 0.5) is 5.69 Å². The largest absolute Gasteiger partial charge is 0.383 e. The van der Waals surface area contributed by atoms with E-state index in [2.05, 4.69) is 27.2 Å². The van der Waals surface area contributed by atoms with Gasteiger partial charge in [-0.3, -0.25) is 0 Å². The maximum atomic E-state index is 5.91. The standard InChI is InChI=1S/C14H20ClN3OS/c1-19-11-6-16-14(20)18-9-7-17(8-10-18)13-4-2-12(15)3-5-13/h2-5H,6-11H2,1H3,(H,16,20). The lowest BCUT2D eigenvalue weighted by molar-refractivity contribution is 0.202. The third-order valence-electron chi connectivity index (χ3n) is 3.34. The molecule has 1 saturated heterocycles. The number of ether oxygens (including phenoxy) is 1. The molecule has 0 aromatic heterocycles. The van der Waals surface area contributed by atoms with Gasteiger partial charge in [-0.1, -0.05) is 11.6 Å². The molecular formula is C14H20ClN3OS. The molecule has 1 N–H and O–H groups in total. The van der Waals surface area contributed by atoms with Gasteiger partial charge in [-0.2, -0.15) is 0 Å². The predicted molar refractivity (Wildman–Crippen MR) is 87.7 cm³/mol. The van der Waals surface area contributed by atoms with Crippen molar-refractivity contribution in [1.29, 1.82) is 0 Å². The molecule has 0 radical (unpaired) electrons. The zero-order valence-electron chi connectivity index (χ0n) is 11.6. The van der Waals surface area contributed by atoms with Gasteiger partial charge in [0.1, 0.15) is 0 Å². The van der Waals surface area contributed by atoms with E-state index in [1.807, 2.05) is 12.1 Å². The quantitative estimate of drug-likeness (QED) is 0.678. The first-order valence-electron chi connectivity index (χ1n) is 6.73. The monoisotopic (exact) mass is 313 g/mol. The highest BCUT2D eigenvalue weighted by Gasteiger charge is 2.18. The Balaban J connectivity index is 1.80. The molecule has 1 aromatic rings. The van der Waals surface area contributed by atoms with Crippen molar-refractivity contribution >= 4 is 34.6 Å². The minimum atomic E-state index is 0.672. The van der Waals surface area contributed by atoms with Gasteiger partial charge in [0.2, 0.25) is 0 Å². The fraction of sp³-hybridized carbons (Fsp3) is 0.500. The second-order valence-corrected chi connectivity index (χ2v) is 5.50. The number of halogens is 1. The molecule has 0 amide bonds. The van der Waals surface area contributed by atoms with Crippen LogP contribution in [0.15, 0.2) is 24.3 Å². The molecule has 0 unspecified atom stereocenters. The van der Waals surface area contributed by atoms with Crippen LogP contribution in [0, 0.1) is 0 Å². The molecule has 1 heterocycles. The van der Waals surface area contributed by atoms with Crippen molar-refractivity contribution in [2.75, 3.05) is 51.3 Å². The van der Waals surface area contributed by atoms with Crippen LogP contribution in [0.3, 0.4) is 0 Å². The van der Waals surface area contributed by atoms with Gasteiger partial charge in [0, 0.05) is 50.5 Å². The molecule has 0 bridgehead atoms. The number of rotatable bonds is 4. The first-order chi connectivity index (χ1) is 9.70. The summed E-state index contributed by atoms with van der Waals surface area (Å²) in [6.45, 7) is 5.22. The molecule has 0 saturated carbocycles. The fourth-order valence-corrected chi connectivity index (χ4v) is 2.60. The van der Waals surface area contributed by atoms with Crippen molar-refractivity contribution < 1.29 is 4.74 Å². The average molecular weight is 314 g/mol. The van der Waals surface area contributed by atoms with Gasteiger partial charge in [0.05, 0.1) is 6.61 Å². The van der Waals surface area contributed by atoms with E-state index in [-0.39, 0.29) is 0 Å². The molecule has 0 aliphatic carbocycles. The predicted octanol–water partition coefficient (Wildman–Crippen LogP) is 1.98. The highest BCUT2D eigenvalue weighted by Crippen LogP contribution is 2.19.